The summed E-state index contributed by atoms with van der Waals surface area (Å²) >= 11 is 1.27. The van der Waals surface area contributed by atoms with Crippen LogP contribution in [-0.2, 0) is 0 Å². The Morgan fingerprint density at radius 2 is 1.75 bits per heavy atom. The van der Waals surface area contributed by atoms with Crippen molar-refractivity contribution in [3.63, 3.8) is 0 Å². The molecule has 40 heavy (non-hydrogen) atoms. The highest BCUT2D eigenvalue weighted by Gasteiger charge is 2.52. The number of aromatic carboxylic acids is 1. The van der Waals surface area contributed by atoms with Crippen molar-refractivity contribution in [1.82, 2.24) is 20.6 Å². The van der Waals surface area contributed by atoms with Crippen LogP contribution in [0.5, 0.6) is 5.88 Å². The molecule has 5 rings (SSSR count). The number of nitrogens with one attached hydrogen (secondary N) is 3. The van der Waals surface area contributed by atoms with Crippen molar-refractivity contribution in [3.05, 3.63) is 64.7 Å². The van der Waals surface area contributed by atoms with Crippen molar-refractivity contribution in [2.45, 2.75) is 76.4 Å². The molecule has 4 N–H and O–H groups in total. The highest BCUT2D eigenvalue weighted by Crippen LogP contribution is 2.55. The summed E-state index contributed by atoms with van der Waals surface area (Å²) in [7, 11) is 2.06. The number of aromatic nitrogens is 2. The van der Waals surface area contributed by atoms with Gasteiger partial charge in [-0.1, -0.05) is 24.3 Å². The molecule has 8 nitrogen and oxygen atoms in total. The van der Waals surface area contributed by atoms with E-state index in [4.69, 9.17) is 14.7 Å². The number of nitrogens with zero attached hydrogens (tertiary/aromatic N) is 2. The first-order valence-electron chi connectivity index (χ1n) is 13.9. The van der Waals surface area contributed by atoms with Crippen molar-refractivity contribution in [2.75, 3.05) is 18.4 Å². The standard InChI is InChI=1S/C31H39N5O3S/c1-18-8-6-9-19(2)26(18)27-21(4)28(35-30(34-27)36-40-25-11-7-10-22(12-25)29(37)38)39-17-20(3)33-24-15-31(16-24)13-23(14-31)32-5/h6-12,20,23-24,32-33H,13-17H2,1-5H3,(H,37,38)(H,34,35,36). The number of carboxylic acid groups (broad SMARTS) is 1. The predicted molar refractivity (Wildman–Crippen MR) is 160 cm³/mol. The molecule has 3 aromatic rings. The van der Waals surface area contributed by atoms with Crippen LogP contribution >= 0.6 is 11.9 Å². The Morgan fingerprint density at radius 3 is 2.42 bits per heavy atom. The van der Waals surface area contributed by atoms with Crippen LogP contribution in [-0.4, -0.2) is 52.8 Å². The van der Waals surface area contributed by atoms with E-state index in [1.807, 2.05) is 19.1 Å². The topological polar surface area (TPSA) is 108 Å². The fourth-order valence-electron chi connectivity index (χ4n) is 6.19. The molecule has 0 bridgehead atoms. The van der Waals surface area contributed by atoms with E-state index < -0.39 is 5.97 Å². The lowest BCUT2D eigenvalue weighted by atomic mass is 9.52. The maximum Gasteiger partial charge on any atom is 0.335 e. The number of ether oxygens (including phenoxy) is 1. The van der Waals surface area contributed by atoms with E-state index in [9.17, 15) is 9.90 Å². The Labute approximate surface area is 240 Å². The molecule has 2 aromatic carbocycles. The van der Waals surface area contributed by atoms with Gasteiger partial charge in [-0.05, 0) is 107 Å². The van der Waals surface area contributed by atoms with Gasteiger partial charge < -0.3 is 20.5 Å². The molecule has 2 aliphatic rings. The Balaban J connectivity index is 1.31. The molecule has 0 saturated heterocycles. The fourth-order valence-corrected chi connectivity index (χ4v) is 6.82. The van der Waals surface area contributed by atoms with Crippen LogP contribution in [0.2, 0.25) is 0 Å². The van der Waals surface area contributed by atoms with E-state index in [0.717, 1.165) is 32.8 Å². The molecular formula is C31H39N5O3S. The Morgan fingerprint density at radius 1 is 1.07 bits per heavy atom. The summed E-state index contributed by atoms with van der Waals surface area (Å²) in [5, 5.41) is 16.5. The smallest absolute Gasteiger partial charge is 0.335 e. The highest BCUT2D eigenvalue weighted by atomic mass is 32.2. The lowest BCUT2D eigenvalue weighted by molar-refractivity contribution is -0.0313. The van der Waals surface area contributed by atoms with Gasteiger partial charge in [-0.2, -0.15) is 4.98 Å². The lowest BCUT2D eigenvalue weighted by Crippen LogP contribution is -2.60. The third-order valence-corrected chi connectivity index (χ3v) is 9.05. The molecule has 9 heteroatoms. The maximum atomic E-state index is 11.4. The first-order valence-corrected chi connectivity index (χ1v) is 14.8. The normalized spacial score (nSPS) is 22.3. The van der Waals surface area contributed by atoms with Gasteiger partial charge in [0.1, 0.15) is 6.61 Å². The number of rotatable bonds is 11. The minimum absolute atomic E-state index is 0.185. The largest absolute Gasteiger partial charge is 0.478 e. The van der Waals surface area contributed by atoms with Crippen LogP contribution in [0.3, 0.4) is 0 Å². The van der Waals surface area contributed by atoms with Gasteiger partial charge in [0.05, 0.1) is 11.3 Å². The highest BCUT2D eigenvalue weighted by molar-refractivity contribution is 8.00. The van der Waals surface area contributed by atoms with Gasteiger partial charge in [0.25, 0.3) is 0 Å². The summed E-state index contributed by atoms with van der Waals surface area (Å²) < 4.78 is 9.54. The minimum atomic E-state index is -0.961. The van der Waals surface area contributed by atoms with Gasteiger partial charge in [0, 0.05) is 34.1 Å². The van der Waals surface area contributed by atoms with Crippen molar-refractivity contribution in [2.24, 2.45) is 5.41 Å². The first kappa shape index (κ1) is 28.4. The third kappa shape index (κ3) is 6.11. The quantitative estimate of drug-likeness (QED) is 0.217. The maximum absolute atomic E-state index is 11.4. The van der Waals surface area contributed by atoms with Gasteiger partial charge in [0.15, 0.2) is 0 Å². The first-order chi connectivity index (χ1) is 19.2. The number of hydrogen-bond acceptors (Lipinski definition) is 8. The van der Waals surface area contributed by atoms with Crippen LogP contribution < -0.4 is 20.1 Å². The molecule has 0 radical (unpaired) electrons. The summed E-state index contributed by atoms with van der Waals surface area (Å²) in [4.78, 5) is 21.7. The molecule has 1 atom stereocenters. The van der Waals surface area contributed by atoms with Gasteiger partial charge >= 0.3 is 5.97 Å². The number of aryl methyl sites for hydroxylation is 2. The predicted octanol–water partition coefficient (Wildman–Crippen LogP) is 5.77. The third-order valence-electron chi connectivity index (χ3n) is 8.28. The lowest BCUT2D eigenvalue weighted by Gasteiger charge is -2.58. The van der Waals surface area contributed by atoms with E-state index >= 15 is 0 Å². The Bertz CT molecular complexity index is 1360. The second kappa shape index (κ2) is 11.8. The van der Waals surface area contributed by atoms with Crippen molar-refractivity contribution in [3.8, 4) is 17.1 Å². The van der Waals surface area contributed by atoms with Gasteiger partial charge in [-0.25, -0.2) is 9.78 Å². The molecular weight excluding hydrogens is 522 g/mol. The van der Waals surface area contributed by atoms with Gasteiger partial charge in [-0.3, -0.25) is 4.72 Å². The van der Waals surface area contributed by atoms with Crippen LogP contribution in [0.15, 0.2) is 47.4 Å². The average molecular weight is 562 g/mol. The number of hydrogen-bond donors (Lipinski definition) is 4. The van der Waals surface area contributed by atoms with Crippen molar-refractivity contribution < 1.29 is 14.6 Å². The Kier molecular flexibility index (Phi) is 8.35. The summed E-state index contributed by atoms with van der Waals surface area (Å²) in [6.07, 6.45) is 5.07. The zero-order valence-electron chi connectivity index (χ0n) is 23.9. The molecule has 1 unspecified atom stereocenters. The van der Waals surface area contributed by atoms with E-state index in [1.54, 1.807) is 18.2 Å². The van der Waals surface area contributed by atoms with Crippen LogP contribution in [0.25, 0.3) is 11.3 Å². The zero-order valence-corrected chi connectivity index (χ0v) is 24.7. The summed E-state index contributed by atoms with van der Waals surface area (Å²) in [6.45, 7) is 8.84. The second-order valence-electron chi connectivity index (χ2n) is 11.5. The van der Waals surface area contributed by atoms with Crippen LogP contribution in [0, 0.1) is 26.2 Å². The van der Waals surface area contributed by atoms with E-state index in [1.165, 1.54) is 37.6 Å². The van der Waals surface area contributed by atoms with E-state index in [0.29, 0.717) is 35.9 Å². The molecule has 0 amide bonds. The van der Waals surface area contributed by atoms with Gasteiger partial charge in [-0.15, -0.1) is 0 Å². The zero-order chi connectivity index (χ0) is 28.4. The minimum Gasteiger partial charge on any atom is -0.478 e. The van der Waals surface area contributed by atoms with Gasteiger partial charge in [0.2, 0.25) is 11.8 Å². The molecule has 1 spiro atoms. The number of benzene rings is 2. The van der Waals surface area contributed by atoms with E-state index in [-0.39, 0.29) is 11.6 Å². The molecule has 2 aliphatic carbocycles. The number of anilines is 1. The molecule has 2 fully saturated rings. The Hall–Kier alpha value is -3.14. The molecule has 2 saturated carbocycles. The van der Waals surface area contributed by atoms with Crippen LogP contribution in [0.1, 0.15) is 59.7 Å². The van der Waals surface area contributed by atoms with Crippen molar-refractivity contribution >= 4 is 23.9 Å². The summed E-state index contributed by atoms with van der Waals surface area (Å²) in [6, 6.07) is 14.4. The fraction of sp³-hybridized carbons (Fsp3) is 0.452. The number of carboxylic acids is 1. The second-order valence-corrected chi connectivity index (χ2v) is 12.4. The average Bonchev–Trinajstić information content (AvgIpc) is 2.88. The summed E-state index contributed by atoms with van der Waals surface area (Å²) in [5.41, 5.74) is 5.83. The van der Waals surface area contributed by atoms with Crippen molar-refractivity contribution in [1.29, 1.82) is 0 Å². The molecule has 1 aromatic heterocycles. The summed E-state index contributed by atoms with van der Waals surface area (Å²) in [5.74, 6) is -0.00379. The monoisotopic (exact) mass is 561 g/mol. The number of carbonyl (C=O) groups is 1. The molecule has 1 heterocycles. The molecule has 0 aliphatic heterocycles. The molecule has 212 valence electrons. The van der Waals surface area contributed by atoms with Crippen LogP contribution in [0.4, 0.5) is 5.95 Å². The SMILES string of the molecule is CNC1CC2(C1)CC(NC(C)COc1nc(NSc3cccc(C(=O)O)c3)nc(-c3c(C)cccc3C)c1C)C2. The van der Waals surface area contributed by atoms with E-state index in [2.05, 4.69) is 55.3 Å².